The highest BCUT2D eigenvalue weighted by Crippen LogP contribution is 2.19. The van der Waals surface area contributed by atoms with Gasteiger partial charge in [0.1, 0.15) is 0 Å². The van der Waals surface area contributed by atoms with E-state index in [0.29, 0.717) is 6.04 Å². The van der Waals surface area contributed by atoms with Gasteiger partial charge < -0.3 is 9.88 Å². The summed E-state index contributed by atoms with van der Waals surface area (Å²) in [6, 6.07) is 10.7. The van der Waals surface area contributed by atoms with E-state index < -0.39 is 0 Å². The molecule has 2 aromatic rings. The minimum absolute atomic E-state index is 0.377. The van der Waals surface area contributed by atoms with Crippen LogP contribution in [0.25, 0.3) is 0 Å². The lowest BCUT2D eigenvalue weighted by Crippen LogP contribution is -2.20. The lowest BCUT2D eigenvalue weighted by atomic mass is 10.0. The molecule has 102 valence electrons. The van der Waals surface area contributed by atoms with E-state index in [1.807, 2.05) is 12.1 Å². The predicted octanol–water partition coefficient (Wildman–Crippen LogP) is 4.40. The van der Waals surface area contributed by atoms with E-state index in [4.69, 9.17) is 11.6 Å². The second kappa shape index (κ2) is 6.78. The minimum Gasteiger partial charge on any atom is -0.354 e. The summed E-state index contributed by atoms with van der Waals surface area (Å²) in [5, 5.41) is 4.39. The molecule has 1 aromatic heterocycles. The fourth-order valence-corrected chi connectivity index (χ4v) is 2.35. The number of aryl methyl sites for hydroxylation is 1. The maximum Gasteiger partial charge on any atom is 0.0406 e. The number of aromatic nitrogens is 1. The molecule has 2 nitrogen and oxygen atoms in total. The highest BCUT2D eigenvalue weighted by Gasteiger charge is 2.08. The molecule has 0 saturated carbocycles. The van der Waals surface area contributed by atoms with Crippen molar-refractivity contribution < 1.29 is 0 Å². The third-order valence-corrected chi connectivity index (χ3v) is 3.66. The van der Waals surface area contributed by atoms with Crippen LogP contribution in [0.15, 0.2) is 42.7 Å². The Morgan fingerprint density at radius 2 is 1.89 bits per heavy atom. The Morgan fingerprint density at radius 1 is 1.16 bits per heavy atom. The molecule has 0 amide bonds. The zero-order valence-corrected chi connectivity index (χ0v) is 12.3. The van der Waals surface area contributed by atoms with Crippen LogP contribution >= 0.6 is 11.6 Å². The highest BCUT2D eigenvalue weighted by molar-refractivity contribution is 6.30. The quantitative estimate of drug-likeness (QED) is 0.827. The highest BCUT2D eigenvalue weighted by atomic mass is 35.5. The average molecular weight is 277 g/mol. The SMILES string of the molecule is CCC(NCc1ccn(CC)c1)c1ccc(Cl)cc1. The first kappa shape index (κ1) is 14.2. The zero-order chi connectivity index (χ0) is 13.7. The summed E-state index contributed by atoms with van der Waals surface area (Å²) < 4.78 is 2.19. The largest absolute Gasteiger partial charge is 0.354 e. The third kappa shape index (κ3) is 3.85. The molecular formula is C16H21ClN2. The Hall–Kier alpha value is -1.25. The van der Waals surface area contributed by atoms with Crippen molar-refractivity contribution in [2.45, 2.75) is 39.4 Å². The molecule has 2 rings (SSSR count). The van der Waals surface area contributed by atoms with Crippen LogP contribution in [0.5, 0.6) is 0 Å². The molecule has 0 radical (unpaired) electrons. The molecule has 19 heavy (non-hydrogen) atoms. The molecule has 1 heterocycles. The van der Waals surface area contributed by atoms with Crippen LogP contribution in [-0.2, 0) is 13.1 Å². The monoisotopic (exact) mass is 276 g/mol. The summed E-state index contributed by atoms with van der Waals surface area (Å²) in [5.41, 5.74) is 2.62. The standard InChI is InChI=1S/C16H21ClN2/c1-3-16(14-5-7-15(17)8-6-14)18-11-13-9-10-19(4-2)12-13/h5-10,12,16,18H,3-4,11H2,1-2H3. The lowest BCUT2D eigenvalue weighted by Gasteiger charge is -2.17. The molecule has 0 fully saturated rings. The van der Waals surface area contributed by atoms with Crippen molar-refractivity contribution in [2.75, 3.05) is 0 Å². The van der Waals surface area contributed by atoms with Gasteiger partial charge >= 0.3 is 0 Å². The van der Waals surface area contributed by atoms with Crippen molar-refractivity contribution in [3.8, 4) is 0 Å². The van der Waals surface area contributed by atoms with Crippen LogP contribution in [0.1, 0.15) is 37.4 Å². The van der Waals surface area contributed by atoms with Gasteiger partial charge in [0.25, 0.3) is 0 Å². The number of hydrogen-bond acceptors (Lipinski definition) is 1. The van der Waals surface area contributed by atoms with Gasteiger partial charge in [0, 0.05) is 36.5 Å². The average Bonchev–Trinajstić information content (AvgIpc) is 2.89. The summed E-state index contributed by atoms with van der Waals surface area (Å²) in [4.78, 5) is 0. The van der Waals surface area contributed by atoms with Gasteiger partial charge in [-0.05, 0) is 42.7 Å². The molecule has 0 aliphatic heterocycles. The first-order valence-electron chi connectivity index (χ1n) is 6.86. The Balaban J connectivity index is 1.97. The van der Waals surface area contributed by atoms with Crippen molar-refractivity contribution in [3.63, 3.8) is 0 Å². The van der Waals surface area contributed by atoms with Crippen molar-refractivity contribution in [1.82, 2.24) is 9.88 Å². The fourth-order valence-electron chi connectivity index (χ4n) is 2.23. The topological polar surface area (TPSA) is 17.0 Å². The molecule has 3 heteroatoms. The summed E-state index contributed by atoms with van der Waals surface area (Å²) in [7, 11) is 0. The third-order valence-electron chi connectivity index (χ3n) is 3.41. The molecule has 1 unspecified atom stereocenters. The van der Waals surface area contributed by atoms with Crippen LogP contribution in [-0.4, -0.2) is 4.57 Å². The first-order valence-corrected chi connectivity index (χ1v) is 7.24. The summed E-state index contributed by atoms with van der Waals surface area (Å²) in [6.07, 6.45) is 5.39. The molecule has 0 aliphatic rings. The van der Waals surface area contributed by atoms with E-state index in [2.05, 4.69) is 54.3 Å². The van der Waals surface area contributed by atoms with E-state index in [0.717, 1.165) is 24.5 Å². The molecule has 1 atom stereocenters. The Morgan fingerprint density at radius 3 is 2.47 bits per heavy atom. The second-order valence-corrected chi connectivity index (χ2v) is 5.18. The second-order valence-electron chi connectivity index (χ2n) is 4.74. The number of hydrogen-bond donors (Lipinski definition) is 1. The maximum absolute atomic E-state index is 5.93. The smallest absolute Gasteiger partial charge is 0.0406 e. The van der Waals surface area contributed by atoms with Crippen molar-refractivity contribution in [1.29, 1.82) is 0 Å². The van der Waals surface area contributed by atoms with Gasteiger partial charge in [0.15, 0.2) is 0 Å². The van der Waals surface area contributed by atoms with Crippen LogP contribution in [0.4, 0.5) is 0 Å². The summed E-state index contributed by atoms with van der Waals surface area (Å²) in [6.45, 7) is 6.27. The van der Waals surface area contributed by atoms with Crippen molar-refractivity contribution >= 4 is 11.6 Å². The predicted molar refractivity (Wildman–Crippen MR) is 81.4 cm³/mol. The molecule has 0 saturated heterocycles. The van der Waals surface area contributed by atoms with Gasteiger partial charge in [-0.1, -0.05) is 30.7 Å². The van der Waals surface area contributed by atoms with Crippen molar-refractivity contribution in [2.24, 2.45) is 0 Å². The van der Waals surface area contributed by atoms with E-state index in [1.165, 1.54) is 11.1 Å². The zero-order valence-electron chi connectivity index (χ0n) is 11.6. The summed E-state index contributed by atoms with van der Waals surface area (Å²) in [5.74, 6) is 0. The van der Waals surface area contributed by atoms with Gasteiger partial charge in [-0.2, -0.15) is 0 Å². The minimum atomic E-state index is 0.377. The number of rotatable bonds is 6. The fraction of sp³-hybridized carbons (Fsp3) is 0.375. The van der Waals surface area contributed by atoms with Gasteiger partial charge in [0.2, 0.25) is 0 Å². The van der Waals surface area contributed by atoms with Gasteiger partial charge in [-0.15, -0.1) is 0 Å². The number of halogens is 1. The maximum atomic E-state index is 5.93. The van der Waals surface area contributed by atoms with Crippen LogP contribution < -0.4 is 5.32 Å². The van der Waals surface area contributed by atoms with Gasteiger partial charge in [0.05, 0.1) is 0 Å². The van der Waals surface area contributed by atoms with Gasteiger partial charge in [-0.3, -0.25) is 0 Å². The Bertz CT molecular complexity index is 502. The van der Waals surface area contributed by atoms with E-state index in [-0.39, 0.29) is 0 Å². The van der Waals surface area contributed by atoms with Gasteiger partial charge in [-0.25, -0.2) is 0 Å². The van der Waals surface area contributed by atoms with E-state index in [1.54, 1.807) is 0 Å². The molecule has 0 spiro atoms. The molecule has 1 N–H and O–H groups in total. The summed E-state index contributed by atoms with van der Waals surface area (Å²) >= 11 is 5.93. The number of benzene rings is 1. The normalized spacial score (nSPS) is 12.6. The molecule has 0 bridgehead atoms. The van der Waals surface area contributed by atoms with Crippen LogP contribution in [0.2, 0.25) is 5.02 Å². The van der Waals surface area contributed by atoms with E-state index >= 15 is 0 Å². The van der Waals surface area contributed by atoms with E-state index in [9.17, 15) is 0 Å². The van der Waals surface area contributed by atoms with Crippen LogP contribution in [0.3, 0.4) is 0 Å². The first-order chi connectivity index (χ1) is 9.22. The Kier molecular flexibility index (Phi) is 5.06. The molecule has 0 aliphatic carbocycles. The van der Waals surface area contributed by atoms with Crippen molar-refractivity contribution in [3.05, 3.63) is 58.9 Å². The number of nitrogens with one attached hydrogen (secondary N) is 1. The van der Waals surface area contributed by atoms with Crippen LogP contribution in [0, 0.1) is 0 Å². The Labute approximate surface area is 120 Å². The molecule has 1 aromatic carbocycles. The molecular weight excluding hydrogens is 256 g/mol. The lowest BCUT2D eigenvalue weighted by molar-refractivity contribution is 0.518. The number of nitrogens with zero attached hydrogens (tertiary/aromatic N) is 1.